The zero-order valence-electron chi connectivity index (χ0n) is 13.3. The molecule has 1 aromatic rings. The quantitative estimate of drug-likeness (QED) is 0.468. The van der Waals surface area contributed by atoms with E-state index < -0.39 is 34.6 Å². The van der Waals surface area contributed by atoms with E-state index in [0.717, 1.165) is 18.2 Å². The van der Waals surface area contributed by atoms with Gasteiger partial charge in [0, 0.05) is 16.7 Å². The zero-order valence-corrected chi connectivity index (χ0v) is 13.3. The van der Waals surface area contributed by atoms with Crippen molar-refractivity contribution in [1.29, 1.82) is 0 Å². The van der Waals surface area contributed by atoms with Gasteiger partial charge in [0.2, 0.25) is 0 Å². The topological polar surface area (TPSA) is 289 Å². The largest absolute Gasteiger partial charge is 0.855 e. The molecule has 1 aromatic carbocycles. The fourth-order valence-electron chi connectivity index (χ4n) is 1.11. The van der Waals surface area contributed by atoms with Gasteiger partial charge in [-0.2, -0.15) is 0 Å². The molecule has 0 aliphatic rings. The first-order chi connectivity index (χ1) is 8.36. The molecular weight excluding hydrogens is 300 g/mol. The van der Waals surface area contributed by atoms with Crippen molar-refractivity contribution in [2.75, 3.05) is 6.61 Å². The Balaban J connectivity index is -0.000000127. The summed E-state index contributed by atoms with van der Waals surface area (Å²) in [6.45, 7) is 1.57. The maximum Gasteiger partial charge on any atom is 0.0728 e. The number of rotatable bonds is 3. The Morgan fingerprint density at radius 1 is 0.818 bits per heavy atom. The number of benzene rings is 1. The van der Waals surface area contributed by atoms with Crippen LogP contribution in [0.5, 0.6) is 0 Å². The summed E-state index contributed by atoms with van der Waals surface area (Å²) in [4.78, 5) is 31.5. The van der Waals surface area contributed by atoms with Gasteiger partial charge in [0.15, 0.2) is 0 Å². The summed E-state index contributed by atoms with van der Waals surface area (Å²) in [5.74, 6) is -5.50. The second-order valence-electron chi connectivity index (χ2n) is 2.88. The molecule has 22 heavy (non-hydrogen) atoms. The van der Waals surface area contributed by atoms with Gasteiger partial charge in [-0.15, -0.1) is 6.61 Å². The summed E-state index contributed by atoms with van der Waals surface area (Å²) in [6, 6.07) is 2.89. The Kier molecular flexibility index (Phi) is 21.4. The van der Waals surface area contributed by atoms with Crippen LogP contribution in [-0.2, 0) is 0 Å². The molecule has 11 nitrogen and oxygen atoms in total. The molecule has 0 saturated carbocycles. The van der Waals surface area contributed by atoms with Crippen LogP contribution in [0.2, 0.25) is 0 Å². The third kappa shape index (κ3) is 8.57. The van der Waals surface area contributed by atoms with Crippen molar-refractivity contribution in [2.24, 2.45) is 0 Å². The molecule has 0 radical (unpaired) electrons. The van der Waals surface area contributed by atoms with Gasteiger partial charge in [-0.3, -0.25) is 0 Å². The lowest BCUT2D eigenvalue weighted by Gasteiger charge is -2.16. The summed E-state index contributed by atoms with van der Waals surface area (Å²) >= 11 is 0. The van der Waals surface area contributed by atoms with E-state index in [4.69, 9.17) is 5.11 Å². The molecule has 0 aromatic heterocycles. The highest BCUT2D eigenvalue weighted by molar-refractivity contribution is 6.07. The molecule has 0 unspecified atom stereocenters. The van der Waals surface area contributed by atoms with Crippen LogP contribution in [0.25, 0.3) is 0 Å². The molecule has 0 atom stereocenters. The van der Waals surface area contributed by atoms with Gasteiger partial charge < -0.3 is 59.4 Å². The number of carbonyl (C=O) groups is 3. The molecule has 0 aliphatic carbocycles. The van der Waals surface area contributed by atoms with E-state index in [0.29, 0.717) is 0 Å². The van der Waals surface area contributed by atoms with Crippen molar-refractivity contribution in [3.05, 3.63) is 34.9 Å². The predicted molar refractivity (Wildman–Crippen MR) is 73.9 cm³/mol. The van der Waals surface area contributed by atoms with E-state index in [1.807, 2.05) is 0 Å². The Hall–Kier alpha value is -2.57. The van der Waals surface area contributed by atoms with E-state index in [-0.39, 0.29) is 31.2 Å². The van der Waals surface area contributed by atoms with Crippen LogP contribution in [0.15, 0.2) is 18.2 Å². The van der Waals surface area contributed by atoms with Gasteiger partial charge in [0.1, 0.15) is 0 Å². The van der Waals surface area contributed by atoms with Gasteiger partial charge in [-0.1, -0.05) is 25.1 Å². The summed E-state index contributed by atoms with van der Waals surface area (Å²) in [6.07, 6.45) is 0. The molecule has 0 amide bonds. The third-order valence-electron chi connectivity index (χ3n) is 1.71. The highest BCUT2D eigenvalue weighted by Crippen LogP contribution is 2.13. The van der Waals surface area contributed by atoms with E-state index in [1.54, 1.807) is 6.92 Å². The third-order valence-corrected chi connectivity index (χ3v) is 1.71. The molecule has 0 spiro atoms. The Morgan fingerprint density at radius 3 is 1.27 bits per heavy atom. The number of hydrogen-bond donors (Lipinski definition) is 4. The van der Waals surface area contributed by atoms with E-state index in [2.05, 4.69) is 0 Å². The Labute approximate surface area is 126 Å². The SMILES string of the molecule is CC[O-].O=C([O-])c1cccc(C(=O)[O-])c1C(=O)[O-].[NH4+].[NH4+].[NH4+].[NH4+]. The van der Waals surface area contributed by atoms with Crippen LogP contribution in [0.1, 0.15) is 38.0 Å². The molecule has 1 rings (SSSR count). The highest BCUT2D eigenvalue weighted by Gasteiger charge is 2.10. The van der Waals surface area contributed by atoms with Crippen LogP contribution in [0, 0.1) is 0 Å². The lowest BCUT2D eigenvalue weighted by atomic mass is 10.0. The number of hydrogen-bond acceptors (Lipinski definition) is 7. The van der Waals surface area contributed by atoms with E-state index >= 15 is 0 Å². The summed E-state index contributed by atoms with van der Waals surface area (Å²) < 4.78 is 0. The first kappa shape index (κ1) is 31.7. The Bertz CT molecular complexity index is 447. The minimum Gasteiger partial charge on any atom is -0.855 e. The minimum absolute atomic E-state index is 0. The number of aromatic carboxylic acids is 3. The maximum absolute atomic E-state index is 10.6. The minimum atomic E-state index is -1.91. The fourth-order valence-corrected chi connectivity index (χ4v) is 1.11. The zero-order chi connectivity index (χ0) is 14.3. The lowest BCUT2D eigenvalue weighted by molar-refractivity contribution is -0.361. The standard InChI is InChI=1S/C9H6O6.C2H5O.4H3N/c10-7(11)4-2-1-3-5(8(12)13)6(4)9(14)15;1-2-3;;;;/h1-3H,(H,10,11)(H,12,13)(H,14,15);2H2,1H3;4*1H3/q;-1;;;;/p+1. The average Bonchev–Trinajstić information content (AvgIpc) is 2.28. The number of carbonyl (C=O) groups excluding carboxylic acids is 3. The number of carboxylic acid groups (broad SMARTS) is 3. The Morgan fingerprint density at radius 2 is 1.09 bits per heavy atom. The van der Waals surface area contributed by atoms with Crippen LogP contribution in [-0.4, -0.2) is 24.5 Å². The predicted octanol–water partition coefficient (Wildman–Crippen LogP) is -2.35. The fraction of sp³-hybridized carbons (Fsp3) is 0.182. The van der Waals surface area contributed by atoms with Crippen LogP contribution in [0.3, 0.4) is 0 Å². The summed E-state index contributed by atoms with van der Waals surface area (Å²) in [5.41, 5.74) is -2.45. The molecule has 0 heterocycles. The van der Waals surface area contributed by atoms with Gasteiger partial charge >= 0.3 is 0 Å². The van der Waals surface area contributed by atoms with E-state index in [9.17, 15) is 29.7 Å². The van der Waals surface area contributed by atoms with Crippen molar-refractivity contribution in [1.82, 2.24) is 24.6 Å². The molecule has 130 valence electrons. The van der Waals surface area contributed by atoms with Crippen LogP contribution >= 0.6 is 0 Å². The average molecular weight is 324 g/mol. The number of carboxylic acids is 3. The van der Waals surface area contributed by atoms with Crippen molar-refractivity contribution in [2.45, 2.75) is 6.92 Å². The van der Waals surface area contributed by atoms with Gasteiger partial charge in [-0.05, 0) is 0 Å². The maximum atomic E-state index is 10.6. The smallest absolute Gasteiger partial charge is 0.0728 e. The molecule has 0 fully saturated rings. The molecule has 0 aliphatic heterocycles. The summed E-state index contributed by atoms with van der Waals surface area (Å²) in [7, 11) is 0. The van der Waals surface area contributed by atoms with Crippen molar-refractivity contribution < 1.29 is 34.8 Å². The monoisotopic (exact) mass is 324 g/mol. The van der Waals surface area contributed by atoms with Gasteiger partial charge in [0.05, 0.1) is 17.9 Å². The van der Waals surface area contributed by atoms with Crippen molar-refractivity contribution in [3.8, 4) is 0 Å². The van der Waals surface area contributed by atoms with Crippen molar-refractivity contribution >= 4 is 17.9 Å². The molecular formula is C11H24N4O7. The lowest BCUT2D eigenvalue weighted by Crippen LogP contribution is -2.34. The van der Waals surface area contributed by atoms with Crippen LogP contribution < -0.4 is 45.0 Å². The second-order valence-corrected chi connectivity index (χ2v) is 2.88. The van der Waals surface area contributed by atoms with Crippen molar-refractivity contribution in [3.63, 3.8) is 0 Å². The first-order valence-electron chi connectivity index (χ1n) is 4.71. The van der Waals surface area contributed by atoms with Gasteiger partial charge in [-0.25, -0.2) is 0 Å². The highest BCUT2D eigenvalue weighted by atomic mass is 16.4. The van der Waals surface area contributed by atoms with Crippen LogP contribution in [0.4, 0.5) is 0 Å². The molecule has 0 saturated heterocycles. The molecule has 0 bridgehead atoms. The molecule has 16 N–H and O–H groups in total. The first-order valence-corrected chi connectivity index (χ1v) is 4.71. The summed E-state index contributed by atoms with van der Waals surface area (Å²) in [5, 5.41) is 40.5. The molecule has 11 heteroatoms. The van der Waals surface area contributed by atoms with E-state index in [1.165, 1.54) is 0 Å². The normalized spacial score (nSPS) is 7.36. The second kappa shape index (κ2) is 14.8. The number of quaternary nitrogens is 4. The van der Waals surface area contributed by atoms with Gasteiger partial charge in [0.25, 0.3) is 0 Å².